The molecule has 1 saturated heterocycles. The highest BCUT2D eigenvalue weighted by Gasteiger charge is 2.09. The maximum Gasteiger partial charge on any atom is 0.142 e. The Balaban J connectivity index is 2.00. The number of pyridine rings is 1. The third-order valence-electron chi connectivity index (χ3n) is 2.17. The average molecular weight is 204 g/mol. The SMILES string of the molecule is N#Cc1cc(NN2CCOCC2)ccn1. The number of nitrogens with zero attached hydrogens (tertiary/aromatic N) is 3. The van der Waals surface area contributed by atoms with Crippen LogP contribution in [0.25, 0.3) is 0 Å². The van der Waals surface area contributed by atoms with E-state index in [-0.39, 0.29) is 0 Å². The Morgan fingerprint density at radius 1 is 1.47 bits per heavy atom. The summed E-state index contributed by atoms with van der Waals surface area (Å²) in [7, 11) is 0. The summed E-state index contributed by atoms with van der Waals surface area (Å²) in [5.74, 6) is 0. The summed E-state index contributed by atoms with van der Waals surface area (Å²) < 4.78 is 5.24. The summed E-state index contributed by atoms with van der Waals surface area (Å²) in [5, 5.41) is 10.8. The lowest BCUT2D eigenvalue weighted by Gasteiger charge is -2.27. The van der Waals surface area contributed by atoms with E-state index < -0.39 is 0 Å². The first-order chi connectivity index (χ1) is 7.38. The quantitative estimate of drug-likeness (QED) is 0.764. The number of anilines is 1. The molecule has 2 heterocycles. The van der Waals surface area contributed by atoms with E-state index in [1.54, 1.807) is 12.3 Å². The molecule has 1 N–H and O–H groups in total. The molecule has 15 heavy (non-hydrogen) atoms. The molecule has 0 atom stereocenters. The Morgan fingerprint density at radius 2 is 2.27 bits per heavy atom. The van der Waals surface area contributed by atoms with Crippen molar-refractivity contribution in [2.24, 2.45) is 0 Å². The molecule has 0 unspecified atom stereocenters. The van der Waals surface area contributed by atoms with Crippen LogP contribution in [0.1, 0.15) is 5.69 Å². The molecule has 5 nitrogen and oxygen atoms in total. The van der Waals surface area contributed by atoms with Crippen LogP contribution in [0.15, 0.2) is 18.3 Å². The zero-order valence-corrected chi connectivity index (χ0v) is 8.31. The predicted octanol–water partition coefficient (Wildman–Crippen LogP) is 0.612. The zero-order valence-electron chi connectivity index (χ0n) is 8.31. The molecule has 0 bridgehead atoms. The van der Waals surface area contributed by atoms with Crippen molar-refractivity contribution < 1.29 is 4.74 Å². The Morgan fingerprint density at radius 3 is 3.00 bits per heavy atom. The molecule has 1 fully saturated rings. The second-order valence-electron chi connectivity index (χ2n) is 3.25. The molecular weight excluding hydrogens is 192 g/mol. The largest absolute Gasteiger partial charge is 0.379 e. The number of ether oxygens (including phenoxy) is 1. The van der Waals surface area contributed by atoms with E-state index in [4.69, 9.17) is 10.00 Å². The molecule has 1 aromatic heterocycles. The van der Waals surface area contributed by atoms with Crippen LogP contribution in [0.3, 0.4) is 0 Å². The predicted molar refractivity (Wildman–Crippen MR) is 55.0 cm³/mol. The molecule has 0 radical (unpaired) electrons. The van der Waals surface area contributed by atoms with Crippen molar-refractivity contribution >= 4 is 5.69 Å². The number of nitrogens with one attached hydrogen (secondary N) is 1. The van der Waals surface area contributed by atoms with Gasteiger partial charge in [-0.3, -0.25) is 0 Å². The molecule has 0 amide bonds. The van der Waals surface area contributed by atoms with Gasteiger partial charge in [0.05, 0.1) is 18.9 Å². The molecule has 78 valence electrons. The summed E-state index contributed by atoms with van der Waals surface area (Å²) in [6.07, 6.45) is 1.63. The summed E-state index contributed by atoms with van der Waals surface area (Å²) >= 11 is 0. The third-order valence-corrected chi connectivity index (χ3v) is 2.17. The van der Waals surface area contributed by atoms with Crippen LogP contribution < -0.4 is 5.43 Å². The van der Waals surface area contributed by atoms with Gasteiger partial charge in [0.2, 0.25) is 0 Å². The summed E-state index contributed by atoms with van der Waals surface area (Å²) in [4.78, 5) is 3.91. The van der Waals surface area contributed by atoms with Gasteiger partial charge in [0.25, 0.3) is 0 Å². The zero-order chi connectivity index (χ0) is 10.5. The number of nitriles is 1. The Bertz CT molecular complexity index is 368. The number of hydrogen-bond acceptors (Lipinski definition) is 5. The molecular formula is C10H12N4O. The Labute approximate surface area is 88.3 Å². The standard InChI is InChI=1S/C10H12N4O/c11-8-10-7-9(1-2-12-10)13-14-3-5-15-6-4-14/h1-2,7H,3-6H2,(H,12,13). The maximum absolute atomic E-state index is 8.69. The topological polar surface area (TPSA) is 61.2 Å². The molecule has 0 aromatic carbocycles. The Hall–Kier alpha value is -1.64. The number of morpholine rings is 1. The fraction of sp³-hybridized carbons (Fsp3) is 0.400. The van der Waals surface area contributed by atoms with Gasteiger partial charge in [-0.1, -0.05) is 0 Å². The highest BCUT2D eigenvalue weighted by atomic mass is 16.5. The summed E-state index contributed by atoms with van der Waals surface area (Å²) in [6, 6.07) is 5.59. The van der Waals surface area contributed by atoms with Crippen LogP contribution in [0.2, 0.25) is 0 Å². The first-order valence-electron chi connectivity index (χ1n) is 4.84. The van der Waals surface area contributed by atoms with E-state index >= 15 is 0 Å². The van der Waals surface area contributed by atoms with Gasteiger partial charge in [-0.25, -0.2) is 9.99 Å². The van der Waals surface area contributed by atoms with Crippen molar-refractivity contribution in [2.45, 2.75) is 0 Å². The second kappa shape index (κ2) is 4.73. The van der Waals surface area contributed by atoms with E-state index in [1.165, 1.54) is 0 Å². The highest BCUT2D eigenvalue weighted by Crippen LogP contribution is 2.09. The molecule has 1 aliphatic rings. The Kier molecular flexibility index (Phi) is 3.12. The van der Waals surface area contributed by atoms with E-state index in [9.17, 15) is 0 Å². The van der Waals surface area contributed by atoms with E-state index in [0.717, 1.165) is 32.0 Å². The monoisotopic (exact) mass is 204 g/mol. The first kappa shape index (κ1) is 9.90. The van der Waals surface area contributed by atoms with Crippen molar-refractivity contribution in [1.82, 2.24) is 9.99 Å². The summed E-state index contributed by atoms with van der Waals surface area (Å²) in [5.41, 5.74) is 4.53. The van der Waals surface area contributed by atoms with Gasteiger partial charge in [-0.2, -0.15) is 5.26 Å². The summed E-state index contributed by atoms with van der Waals surface area (Å²) in [6.45, 7) is 3.18. The number of aromatic nitrogens is 1. The van der Waals surface area contributed by atoms with Crippen molar-refractivity contribution in [3.05, 3.63) is 24.0 Å². The van der Waals surface area contributed by atoms with Gasteiger partial charge in [0.15, 0.2) is 0 Å². The normalized spacial score (nSPS) is 17.0. The van der Waals surface area contributed by atoms with Gasteiger partial charge in [0.1, 0.15) is 11.8 Å². The molecule has 0 spiro atoms. The van der Waals surface area contributed by atoms with E-state index in [0.29, 0.717) is 5.69 Å². The van der Waals surface area contributed by atoms with Gasteiger partial charge in [-0.15, -0.1) is 0 Å². The van der Waals surface area contributed by atoms with Gasteiger partial charge >= 0.3 is 0 Å². The third kappa shape index (κ3) is 2.65. The second-order valence-corrected chi connectivity index (χ2v) is 3.25. The lowest BCUT2D eigenvalue weighted by Crippen LogP contribution is -2.40. The number of hydrazine groups is 1. The molecule has 0 saturated carbocycles. The van der Waals surface area contributed by atoms with Crippen molar-refractivity contribution in [3.63, 3.8) is 0 Å². The molecule has 1 aromatic rings. The molecule has 2 rings (SSSR count). The minimum Gasteiger partial charge on any atom is -0.379 e. The fourth-order valence-electron chi connectivity index (χ4n) is 1.42. The van der Waals surface area contributed by atoms with Crippen molar-refractivity contribution in [1.29, 1.82) is 5.26 Å². The van der Waals surface area contributed by atoms with Gasteiger partial charge in [-0.05, 0) is 12.1 Å². The average Bonchev–Trinajstić information content (AvgIpc) is 2.31. The van der Waals surface area contributed by atoms with Crippen LogP contribution in [0.4, 0.5) is 5.69 Å². The highest BCUT2D eigenvalue weighted by molar-refractivity contribution is 5.45. The molecule has 0 aliphatic carbocycles. The van der Waals surface area contributed by atoms with E-state index in [2.05, 4.69) is 15.4 Å². The molecule has 1 aliphatic heterocycles. The van der Waals surface area contributed by atoms with Crippen LogP contribution >= 0.6 is 0 Å². The van der Waals surface area contributed by atoms with Crippen LogP contribution in [0, 0.1) is 11.3 Å². The molecule has 5 heteroatoms. The smallest absolute Gasteiger partial charge is 0.142 e. The lowest BCUT2D eigenvalue weighted by atomic mass is 10.3. The minimum absolute atomic E-state index is 0.424. The van der Waals surface area contributed by atoms with Crippen molar-refractivity contribution in [3.8, 4) is 6.07 Å². The van der Waals surface area contributed by atoms with Crippen LogP contribution in [-0.4, -0.2) is 36.3 Å². The fourth-order valence-corrected chi connectivity index (χ4v) is 1.42. The minimum atomic E-state index is 0.424. The van der Waals surface area contributed by atoms with Gasteiger partial charge < -0.3 is 10.2 Å². The van der Waals surface area contributed by atoms with Crippen molar-refractivity contribution in [2.75, 3.05) is 31.7 Å². The lowest BCUT2D eigenvalue weighted by molar-refractivity contribution is 0.0497. The van der Waals surface area contributed by atoms with Gasteiger partial charge in [0, 0.05) is 19.3 Å². The maximum atomic E-state index is 8.69. The number of rotatable bonds is 2. The van der Waals surface area contributed by atoms with E-state index in [1.807, 2.05) is 12.1 Å². The number of hydrogen-bond donors (Lipinski definition) is 1. The van der Waals surface area contributed by atoms with Crippen LogP contribution in [0.5, 0.6) is 0 Å². The van der Waals surface area contributed by atoms with Crippen LogP contribution in [-0.2, 0) is 4.74 Å². The first-order valence-corrected chi connectivity index (χ1v) is 4.84.